The van der Waals surface area contributed by atoms with Crippen LogP contribution in [0.5, 0.6) is 11.5 Å². The zero-order valence-corrected chi connectivity index (χ0v) is 15.5. The molecule has 1 unspecified atom stereocenters. The quantitative estimate of drug-likeness (QED) is 0.828. The third-order valence-corrected chi connectivity index (χ3v) is 5.88. The monoisotopic (exact) mass is 372 g/mol. The van der Waals surface area contributed by atoms with Crippen LogP contribution in [0, 0.1) is 12.8 Å². The van der Waals surface area contributed by atoms with E-state index >= 15 is 0 Å². The smallest absolute Gasteiger partial charge is 0.231 e. The van der Waals surface area contributed by atoms with E-state index in [1.54, 1.807) is 40.3 Å². The molecule has 1 atom stereocenters. The van der Waals surface area contributed by atoms with E-state index in [-0.39, 0.29) is 30.9 Å². The Labute approximate surface area is 155 Å². The Morgan fingerprint density at radius 1 is 1.31 bits per heavy atom. The zero-order valence-electron chi connectivity index (χ0n) is 14.7. The highest BCUT2D eigenvalue weighted by Gasteiger charge is 2.37. The summed E-state index contributed by atoms with van der Waals surface area (Å²) in [5, 5.41) is 2.03. The number of ether oxygens (including phenoxy) is 2. The number of rotatable bonds is 4. The van der Waals surface area contributed by atoms with Crippen molar-refractivity contribution in [2.24, 2.45) is 5.92 Å². The number of hydrogen-bond acceptors (Lipinski definition) is 5. The van der Waals surface area contributed by atoms with Crippen molar-refractivity contribution in [3.05, 3.63) is 40.1 Å². The van der Waals surface area contributed by atoms with Crippen molar-refractivity contribution in [3.8, 4) is 11.5 Å². The number of thiophene rings is 1. The highest BCUT2D eigenvalue weighted by Crippen LogP contribution is 2.37. The predicted molar refractivity (Wildman–Crippen MR) is 98.6 cm³/mol. The van der Waals surface area contributed by atoms with E-state index in [4.69, 9.17) is 9.47 Å². The highest BCUT2D eigenvalue weighted by molar-refractivity contribution is 7.10. The Morgan fingerprint density at radius 3 is 2.88 bits per heavy atom. The number of aryl methyl sites for hydroxylation is 1. The lowest BCUT2D eigenvalue weighted by atomic mass is 10.1. The molecule has 2 aliphatic rings. The van der Waals surface area contributed by atoms with Gasteiger partial charge in [0.2, 0.25) is 18.6 Å². The van der Waals surface area contributed by atoms with Crippen LogP contribution in [0.2, 0.25) is 0 Å². The maximum atomic E-state index is 12.8. The molecule has 0 aliphatic carbocycles. The van der Waals surface area contributed by atoms with Gasteiger partial charge in [0, 0.05) is 36.6 Å². The fourth-order valence-electron chi connectivity index (χ4n) is 3.35. The van der Waals surface area contributed by atoms with Crippen LogP contribution in [0.15, 0.2) is 29.6 Å². The number of anilines is 1. The van der Waals surface area contributed by atoms with Crippen LogP contribution in [0.25, 0.3) is 0 Å². The molecule has 1 aromatic carbocycles. The molecule has 1 aromatic heterocycles. The van der Waals surface area contributed by atoms with Crippen LogP contribution in [0.3, 0.4) is 0 Å². The van der Waals surface area contributed by atoms with E-state index in [0.717, 1.165) is 5.69 Å². The standard InChI is InChI=1S/C19H20N2O4S/c1-12-5-6-26-17(12)10-20(2)19(23)13-7-18(22)21(9-13)14-3-4-15-16(8-14)25-11-24-15/h3-6,8,13H,7,9-11H2,1-2H3. The molecule has 2 aromatic rings. The summed E-state index contributed by atoms with van der Waals surface area (Å²) in [6.45, 7) is 3.22. The van der Waals surface area contributed by atoms with E-state index in [2.05, 4.69) is 6.07 Å². The highest BCUT2D eigenvalue weighted by atomic mass is 32.1. The summed E-state index contributed by atoms with van der Waals surface area (Å²) in [5.41, 5.74) is 1.94. The van der Waals surface area contributed by atoms with Gasteiger partial charge in [-0.25, -0.2) is 0 Å². The van der Waals surface area contributed by atoms with Crippen LogP contribution in [0.1, 0.15) is 16.9 Å². The normalized spacial score (nSPS) is 18.5. The number of fused-ring (bicyclic) bond motifs is 1. The van der Waals surface area contributed by atoms with Gasteiger partial charge in [-0.1, -0.05) is 0 Å². The summed E-state index contributed by atoms with van der Waals surface area (Å²) in [5.74, 6) is 0.963. The molecule has 0 spiro atoms. The van der Waals surface area contributed by atoms with Crippen LogP contribution < -0.4 is 14.4 Å². The molecule has 0 saturated carbocycles. The molecule has 4 rings (SSSR count). The van der Waals surface area contributed by atoms with Gasteiger partial charge in [0.25, 0.3) is 0 Å². The van der Waals surface area contributed by atoms with Crippen LogP contribution >= 0.6 is 11.3 Å². The molecule has 26 heavy (non-hydrogen) atoms. The third kappa shape index (κ3) is 3.03. The largest absolute Gasteiger partial charge is 0.454 e. The number of carbonyl (C=O) groups is 2. The minimum Gasteiger partial charge on any atom is -0.454 e. The Morgan fingerprint density at radius 2 is 2.12 bits per heavy atom. The van der Waals surface area contributed by atoms with Gasteiger partial charge in [-0.2, -0.15) is 0 Å². The number of benzene rings is 1. The van der Waals surface area contributed by atoms with Crippen molar-refractivity contribution < 1.29 is 19.1 Å². The molecule has 6 nitrogen and oxygen atoms in total. The summed E-state index contributed by atoms with van der Waals surface area (Å²) < 4.78 is 10.7. The van der Waals surface area contributed by atoms with E-state index in [1.165, 1.54) is 10.4 Å². The van der Waals surface area contributed by atoms with E-state index in [9.17, 15) is 9.59 Å². The predicted octanol–water partition coefficient (Wildman–Crippen LogP) is 2.80. The van der Waals surface area contributed by atoms with Crippen LogP contribution in [-0.4, -0.2) is 37.1 Å². The molecule has 3 heterocycles. The first-order valence-electron chi connectivity index (χ1n) is 8.51. The van der Waals surface area contributed by atoms with Gasteiger partial charge in [-0.05, 0) is 36.1 Å². The Hall–Kier alpha value is -2.54. The minimum atomic E-state index is -0.321. The summed E-state index contributed by atoms with van der Waals surface area (Å²) >= 11 is 1.65. The lowest BCUT2D eigenvalue weighted by Crippen LogP contribution is -2.34. The molecule has 1 saturated heterocycles. The number of carbonyl (C=O) groups excluding carboxylic acids is 2. The molecular formula is C19H20N2O4S. The van der Waals surface area contributed by atoms with Crippen molar-refractivity contribution >= 4 is 28.8 Å². The summed E-state index contributed by atoms with van der Waals surface area (Å²) in [7, 11) is 1.80. The lowest BCUT2D eigenvalue weighted by Gasteiger charge is -2.21. The lowest BCUT2D eigenvalue weighted by molar-refractivity contribution is -0.135. The van der Waals surface area contributed by atoms with Gasteiger partial charge >= 0.3 is 0 Å². The van der Waals surface area contributed by atoms with Crippen molar-refractivity contribution in [2.45, 2.75) is 19.9 Å². The zero-order chi connectivity index (χ0) is 18.3. The third-order valence-electron chi connectivity index (χ3n) is 4.87. The molecule has 2 amide bonds. The fourth-order valence-corrected chi connectivity index (χ4v) is 4.31. The SMILES string of the molecule is Cc1ccsc1CN(C)C(=O)C1CC(=O)N(c2ccc3c(c2)OCO3)C1. The first-order valence-corrected chi connectivity index (χ1v) is 9.39. The van der Waals surface area contributed by atoms with Gasteiger partial charge in [-0.15, -0.1) is 11.3 Å². The molecule has 0 bridgehead atoms. The maximum Gasteiger partial charge on any atom is 0.231 e. The number of nitrogens with zero attached hydrogens (tertiary/aromatic N) is 2. The fraction of sp³-hybridized carbons (Fsp3) is 0.368. The van der Waals surface area contributed by atoms with Gasteiger partial charge in [0.1, 0.15) is 0 Å². The second kappa shape index (κ2) is 6.64. The second-order valence-electron chi connectivity index (χ2n) is 6.66. The van der Waals surface area contributed by atoms with Gasteiger partial charge in [0.05, 0.1) is 12.5 Å². The molecule has 0 N–H and O–H groups in total. The Balaban J connectivity index is 1.45. The average molecular weight is 372 g/mol. The van der Waals surface area contributed by atoms with Crippen molar-refractivity contribution in [1.82, 2.24) is 4.90 Å². The Kier molecular flexibility index (Phi) is 4.32. The molecule has 7 heteroatoms. The van der Waals surface area contributed by atoms with Gasteiger partial charge < -0.3 is 19.3 Å². The second-order valence-corrected chi connectivity index (χ2v) is 7.66. The topological polar surface area (TPSA) is 59.1 Å². The molecule has 1 fully saturated rings. The minimum absolute atomic E-state index is 0.00870. The number of amides is 2. The molecule has 0 radical (unpaired) electrons. The van der Waals surface area contributed by atoms with Gasteiger partial charge in [-0.3, -0.25) is 9.59 Å². The number of hydrogen-bond donors (Lipinski definition) is 0. The first kappa shape index (κ1) is 16.9. The van der Waals surface area contributed by atoms with Crippen LogP contribution in [0.4, 0.5) is 5.69 Å². The van der Waals surface area contributed by atoms with E-state index in [0.29, 0.717) is 24.6 Å². The first-order chi connectivity index (χ1) is 12.5. The molecule has 136 valence electrons. The molecular weight excluding hydrogens is 352 g/mol. The van der Waals surface area contributed by atoms with Crippen molar-refractivity contribution in [2.75, 3.05) is 25.3 Å². The van der Waals surface area contributed by atoms with E-state index < -0.39 is 0 Å². The summed E-state index contributed by atoms with van der Waals surface area (Å²) in [6, 6.07) is 7.48. The van der Waals surface area contributed by atoms with E-state index in [1.807, 2.05) is 18.4 Å². The summed E-state index contributed by atoms with van der Waals surface area (Å²) in [6.07, 6.45) is 0.237. The van der Waals surface area contributed by atoms with Crippen molar-refractivity contribution in [1.29, 1.82) is 0 Å². The average Bonchev–Trinajstić information content (AvgIpc) is 3.34. The van der Waals surface area contributed by atoms with Crippen LogP contribution in [-0.2, 0) is 16.1 Å². The van der Waals surface area contributed by atoms with Crippen molar-refractivity contribution in [3.63, 3.8) is 0 Å². The van der Waals surface area contributed by atoms with Gasteiger partial charge in [0.15, 0.2) is 11.5 Å². The maximum absolute atomic E-state index is 12.8. The molecule has 2 aliphatic heterocycles. The summed E-state index contributed by atoms with van der Waals surface area (Å²) in [4.78, 5) is 29.8. The Bertz CT molecular complexity index is 863.